The maximum atomic E-state index is 15.5. The van der Waals surface area contributed by atoms with Crippen LogP contribution >= 0.6 is 82.8 Å². The second kappa shape index (κ2) is 56.6. The molecule has 15 rings (SSSR count). The number of hydrogen-bond acceptors (Lipinski definition) is 21. The third-order valence-corrected chi connectivity index (χ3v) is 28.7. The lowest BCUT2D eigenvalue weighted by Crippen LogP contribution is -2.49. The average molecular weight is 2180 g/mol. The molecule has 2 aromatic heterocycles. The number of aliphatic hydroxyl groups is 2. The molecule has 2 unspecified atom stereocenters. The Hall–Kier alpha value is -9.96. The fraction of sp³-hybridized carbons (Fsp3) is 0.467. The van der Waals surface area contributed by atoms with E-state index < -0.39 is 110 Å². The first kappa shape index (κ1) is 121. The lowest BCUT2D eigenvalue weighted by Gasteiger charge is -2.38. The summed E-state index contributed by atoms with van der Waals surface area (Å²) in [5.41, 5.74) is 10.9. The number of aliphatic carboxylic acids is 3. The summed E-state index contributed by atoms with van der Waals surface area (Å²) in [4.78, 5) is 135. The smallest absolute Gasteiger partial charge is 0.411 e. The average Bonchev–Trinajstić information content (AvgIpc) is 0.823. The molecule has 0 radical (unpaired) electrons. The number of nitrogens with zero attached hydrogens (tertiary/aromatic N) is 6. The highest BCUT2D eigenvalue weighted by atomic mass is 35.5. The summed E-state index contributed by atoms with van der Waals surface area (Å²) >= 11 is 28.6. The van der Waals surface area contributed by atoms with Gasteiger partial charge in [-0.05, 0) is 251 Å². The van der Waals surface area contributed by atoms with E-state index in [0.29, 0.717) is 88.2 Å². The Kier molecular flexibility index (Phi) is 47.0. The number of methoxy groups -OCH3 is 3. The Bertz CT molecular complexity index is 5700. The number of pyridine rings is 2. The van der Waals surface area contributed by atoms with Crippen LogP contribution < -0.4 is 26.4 Å². The number of carbonyl (C=O) groups excluding carboxylic acids is 7. The highest BCUT2D eigenvalue weighted by Gasteiger charge is 2.47. The van der Waals surface area contributed by atoms with Gasteiger partial charge in [0.2, 0.25) is 34.8 Å². The largest absolute Gasteiger partial charge is 0.480 e. The van der Waals surface area contributed by atoms with Crippen LogP contribution in [0.1, 0.15) is 170 Å². The van der Waals surface area contributed by atoms with Crippen molar-refractivity contribution in [1.29, 1.82) is 0 Å². The molecule has 0 bridgehead atoms. The zero-order chi connectivity index (χ0) is 105. The quantitative estimate of drug-likeness (QED) is 0.0175. The summed E-state index contributed by atoms with van der Waals surface area (Å²) < 4.78 is 68.4. The highest BCUT2D eigenvalue weighted by molar-refractivity contribution is 7.84. The Morgan fingerprint density at radius 3 is 1.18 bits per heavy atom. The van der Waals surface area contributed by atoms with Gasteiger partial charge in [-0.15, -0.1) is 24.8 Å². The summed E-state index contributed by atoms with van der Waals surface area (Å²) in [6, 6.07) is 41.0. The maximum Gasteiger partial charge on any atom is 0.411 e. The third-order valence-electron chi connectivity index (χ3n) is 26.0. The first-order chi connectivity index (χ1) is 68.3. The molecule has 7 heterocycles. The van der Waals surface area contributed by atoms with Gasteiger partial charge in [-0.25, -0.2) is 32.1 Å². The van der Waals surface area contributed by atoms with Crippen LogP contribution in [0.4, 0.5) is 25.0 Å². The summed E-state index contributed by atoms with van der Waals surface area (Å²) in [5.74, 6) is -4.51. The van der Waals surface area contributed by atoms with Gasteiger partial charge < -0.3 is 80.9 Å². The lowest BCUT2D eigenvalue weighted by atomic mass is 9.79. The summed E-state index contributed by atoms with van der Waals surface area (Å²) in [7, 11) is 3.15. The van der Waals surface area contributed by atoms with E-state index in [4.69, 9.17) is 103 Å². The Balaban J connectivity index is 0.000000233. The van der Waals surface area contributed by atoms with E-state index in [0.717, 1.165) is 59.1 Å². The van der Waals surface area contributed by atoms with Gasteiger partial charge in [0.05, 0.1) is 75.8 Å². The first-order valence-electron chi connectivity index (χ1n) is 47.6. The van der Waals surface area contributed by atoms with Crippen LogP contribution in [0.25, 0.3) is 0 Å². The Labute approximate surface area is 889 Å². The number of amides is 6. The summed E-state index contributed by atoms with van der Waals surface area (Å²) in [5, 5.41) is 54.7. The van der Waals surface area contributed by atoms with Crippen LogP contribution in [0.15, 0.2) is 183 Å². The number of carboxylic acids is 3. The van der Waals surface area contributed by atoms with Crippen LogP contribution in [0.5, 0.6) is 0 Å². The van der Waals surface area contributed by atoms with Gasteiger partial charge in [0.1, 0.15) is 47.4 Å². The molecular weight excluding hydrogens is 2050 g/mol. The first-order valence-corrected chi connectivity index (χ1v) is 50.6. The monoisotopic (exact) mass is 2180 g/mol. The Morgan fingerprint density at radius 2 is 0.829 bits per heavy atom. The minimum Gasteiger partial charge on any atom is -0.480 e. The number of aliphatic hydroxyl groups excluding tert-OH is 2. The number of nitrogens with one attached hydrogen (secondary N) is 4. The van der Waals surface area contributed by atoms with Gasteiger partial charge in [0.25, 0.3) is 0 Å². The summed E-state index contributed by atoms with van der Waals surface area (Å²) in [6.07, 6.45) is 15.5. The van der Waals surface area contributed by atoms with Gasteiger partial charge in [-0.3, -0.25) is 48.4 Å². The van der Waals surface area contributed by atoms with Crippen molar-refractivity contribution in [1.82, 2.24) is 39.6 Å². The maximum absolute atomic E-state index is 15.5. The molecule has 7 aliphatic rings. The second-order valence-electron chi connectivity index (χ2n) is 38.9. The number of rotatable bonds is 32. The number of ether oxygens (including phenoxy) is 4. The van der Waals surface area contributed by atoms with E-state index in [1.807, 2.05) is 45.0 Å². The van der Waals surface area contributed by atoms with E-state index in [2.05, 4.69) is 30.6 Å². The van der Waals surface area contributed by atoms with Crippen molar-refractivity contribution in [2.24, 2.45) is 29.4 Å². The molecule has 2 aliphatic carbocycles. The number of nitrogens with two attached hydrogens (primary N) is 1. The van der Waals surface area contributed by atoms with Gasteiger partial charge in [0.15, 0.2) is 0 Å². The van der Waals surface area contributed by atoms with Crippen LogP contribution in [0.3, 0.4) is 0 Å². The van der Waals surface area contributed by atoms with Crippen molar-refractivity contribution in [3.8, 4) is 0 Å². The zero-order valence-electron chi connectivity index (χ0n) is 82.7. The zero-order valence-corrected chi connectivity index (χ0v) is 88.9. The fourth-order valence-electron chi connectivity index (χ4n) is 17.4. The van der Waals surface area contributed by atoms with Gasteiger partial charge in [-0.2, -0.15) is 0 Å². The van der Waals surface area contributed by atoms with Crippen molar-refractivity contribution in [3.63, 3.8) is 0 Å². The van der Waals surface area contributed by atoms with E-state index in [-0.39, 0.29) is 161 Å². The van der Waals surface area contributed by atoms with Crippen LogP contribution in [0.2, 0.25) is 20.1 Å². The molecule has 41 heteroatoms. The van der Waals surface area contributed by atoms with E-state index in [1.54, 1.807) is 181 Å². The molecule has 794 valence electrons. The van der Waals surface area contributed by atoms with Crippen LogP contribution in [0, 0.1) is 35.3 Å². The molecule has 6 amide bonds. The molecule has 5 saturated heterocycles. The van der Waals surface area contributed by atoms with Gasteiger partial charge in [-0.1, -0.05) is 133 Å². The molecule has 0 spiro atoms. The molecule has 31 nitrogen and oxygen atoms in total. The number of hydrogen-bond donors (Lipinski definition) is 10. The van der Waals surface area contributed by atoms with Crippen LogP contribution in [-0.4, -0.2) is 244 Å². The van der Waals surface area contributed by atoms with E-state index in [1.165, 1.54) is 51.7 Å². The van der Waals surface area contributed by atoms with Crippen molar-refractivity contribution >= 4 is 164 Å². The Morgan fingerprint density at radius 1 is 0.459 bits per heavy atom. The second-order valence-corrected chi connectivity index (χ2v) is 43.0. The normalized spacial score (nSPS) is 20.8. The summed E-state index contributed by atoms with van der Waals surface area (Å²) in [6.45, 7) is 12.5. The van der Waals surface area contributed by atoms with Crippen molar-refractivity contribution < 1.29 is 105 Å². The van der Waals surface area contributed by atoms with E-state index in [9.17, 15) is 57.3 Å². The van der Waals surface area contributed by atoms with Gasteiger partial charge >= 0.3 is 24.0 Å². The molecule has 146 heavy (non-hydrogen) atoms. The molecule has 8 aromatic rings. The third kappa shape index (κ3) is 35.9. The molecule has 13 atom stereocenters. The molecule has 2 saturated carbocycles. The van der Waals surface area contributed by atoms with Gasteiger partial charge in [0, 0.05) is 144 Å². The molecule has 7 fully saturated rings. The van der Waals surface area contributed by atoms with Crippen molar-refractivity contribution in [2.75, 3.05) is 77.9 Å². The molecule has 5 aliphatic heterocycles. The number of carbonyl (C=O) groups is 10. The number of carboxylic acid groups (broad SMARTS) is 3. The minimum atomic E-state index is -1.48. The van der Waals surface area contributed by atoms with Crippen molar-refractivity contribution in [2.45, 2.75) is 221 Å². The predicted molar refractivity (Wildman–Crippen MR) is 560 cm³/mol. The number of likely N-dealkylation sites (tertiary alicyclic amines) is 4. The number of anilines is 2. The number of aromatic nitrogens is 2. The standard InChI is InChI=1S/C35H42ClFN4O4S.C31H34ClFN4O3.C14H16ClNO4.C11H19NO5.C8H6Cl2O.C6H11NO3.2ClH/c1-34(2,3)46(44)40-35(16-13-23-5-6-23,25-14-17-38-18-15-25)26-9-12-29(37)30(20-26)39-33(43)31-21-28(45-4)22-41(31)32(42)19-24-7-10-27(36)11-8-24;1-40-25-18-28(37(19-25)29(38)16-21-4-7-24(32)8-5-21)30(39)36-27-17-23(6-9-26(27)33)31(34,13-10-20-2-3-20)22-11-14-35-15-12-22;1-20-11-7-12(14(18)19)16(8-11)13(17)6-9-2-4-10(15)5-3-9;1-11(2,3)17-10(16)12-5-7(6-13)4-8(12)9(14)15;9-7-3-1-6(2-4-7)5-8(10)11;8-3-4-1-5(6(9)10)7-2-4;;/h7-12,14-15,17-18,20,23,28,31,40H,5-6,13,16,19,21-22H2,1-4H3,(H,39,43);4-9,11-12,14-15,17,20,25,28H,2-3,10,13,16,18-19,34H2,1H3,(H,36,39);2-5,11-12H,6-8H2,1H3,(H,18,19);7-8,13H,4-6H2,1-3H3,(H,14,15);1-4H,5H2;4-5,7-8H,1-3H2,(H,9,10);2*1H/t28-,31-,35?,46-;25-,28-,31?;11-,12-;7-,8-;;4-,5-;;/m1111.1../s1. The minimum absolute atomic E-state index is 0. The van der Waals surface area contributed by atoms with Crippen LogP contribution in [-0.2, 0) is 110 Å². The molecule has 6 aromatic carbocycles. The molecular formula is C105H130Cl7F2N11O20S. The van der Waals surface area contributed by atoms with Crippen molar-refractivity contribution in [3.05, 3.63) is 259 Å². The number of halogens is 9. The highest BCUT2D eigenvalue weighted by Crippen LogP contribution is 2.45. The SMILES string of the molecule is CC(C)(C)OC(=O)N1C[C@H](CO)C[C@@H]1C(=O)O.CO[C@@H]1C[C@H](C(=O)Nc2cc(C(CCC3CC3)(N[S@](=O)C(C)(C)C)c3ccncc3)ccc2F)N(C(=O)Cc2ccc(Cl)cc2)C1.CO[C@@H]1C[C@H](C(=O)Nc2cc(C(N)(CCC3CC3)c3ccncc3)ccc2F)N(C(=O)Cc2ccc(Cl)cc2)C1.CO[C@@H]1C[C@H](C(=O)O)N(C(=O)Cc2ccc(Cl)cc2)C1.Cl.Cl.O=C(Cl)Cc1ccc(Cl)cc1.O=C(O)[C@H]1C[C@@H](CO)CN1. The lowest BCUT2D eigenvalue weighted by molar-refractivity contribution is -0.148. The molecule has 11 N–H and O–H groups in total. The number of benzene rings is 6. The van der Waals surface area contributed by atoms with E-state index >= 15 is 8.78 Å². The topological polar surface area (TPSA) is 439 Å². The predicted octanol–water partition coefficient (Wildman–Crippen LogP) is 16.0. The fourth-order valence-corrected chi connectivity index (χ4v) is 19.0.